The summed E-state index contributed by atoms with van der Waals surface area (Å²) in [5, 5.41) is 3.91. The Labute approximate surface area is 332 Å². The maximum atomic E-state index is 6.10. The predicted octanol–water partition coefficient (Wildman–Crippen LogP) is 15.5. The van der Waals surface area contributed by atoms with Crippen LogP contribution in [0.3, 0.4) is 0 Å². The lowest BCUT2D eigenvalue weighted by molar-refractivity contribution is 0.620. The van der Waals surface area contributed by atoms with Crippen molar-refractivity contribution in [2.24, 2.45) is 0 Å². The number of hydrogen-bond acceptors (Lipinski definition) is 5. The molecule has 56 heavy (non-hydrogen) atoms. The smallest absolute Gasteiger partial charge is 0.227 e. The summed E-state index contributed by atoms with van der Waals surface area (Å²) in [6.07, 6.45) is 0. The molecule has 0 N–H and O–H groups in total. The molecule has 3 nitrogen and oxygen atoms in total. The molecule has 3 heterocycles. The van der Waals surface area contributed by atoms with Crippen LogP contribution in [-0.2, 0) is 0 Å². The SMILES string of the molecule is c1ccc2sc(-c3ccc(-c4ccc(N(c5ccc(-c6ccc7sc8ccccc8c7c6)cc5)c5ccc(-c6nc7ccccc7o6)cc5)cc4)cc3)cc2c1. The van der Waals surface area contributed by atoms with Gasteiger partial charge in [0.15, 0.2) is 5.58 Å². The Hall–Kier alpha value is -6.79. The molecular formula is C51H32N2OS2. The van der Waals surface area contributed by atoms with Crippen LogP contribution in [0.1, 0.15) is 0 Å². The maximum absolute atomic E-state index is 6.10. The number of hydrogen-bond donors (Lipinski definition) is 0. The molecule has 0 fully saturated rings. The zero-order valence-electron chi connectivity index (χ0n) is 30.1. The van der Waals surface area contributed by atoms with Gasteiger partial charge in [0, 0.05) is 52.4 Å². The van der Waals surface area contributed by atoms with Crippen molar-refractivity contribution in [2.45, 2.75) is 0 Å². The molecule has 11 aromatic rings. The zero-order valence-corrected chi connectivity index (χ0v) is 31.7. The summed E-state index contributed by atoms with van der Waals surface area (Å²) >= 11 is 3.69. The Morgan fingerprint density at radius 2 is 0.929 bits per heavy atom. The molecule has 0 saturated carbocycles. The molecule has 0 radical (unpaired) electrons. The maximum Gasteiger partial charge on any atom is 0.227 e. The number of anilines is 3. The fourth-order valence-electron chi connectivity index (χ4n) is 7.66. The monoisotopic (exact) mass is 752 g/mol. The molecule has 264 valence electrons. The number of para-hydroxylation sites is 2. The fourth-order valence-corrected chi connectivity index (χ4v) is 9.81. The van der Waals surface area contributed by atoms with Gasteiger partial charge in [-0.3, -0.25) is 0 Å². The van der Waals surface area contributed by atoms with Gasteiger partial charge in [0.25, 0.3) is 0 Å². The average molecular weight is 753 g/mol. The van der Waals surface area contributed by atoms with E-state index in [9.17, 15) is 0 Å². The van der Waals surface area contributed by atoms with E-state index < -0.39 is 0 Å². The normalized spacial score (nSPS) is 11.6. The van der Waals surface area contributed by atoms with Crippen molar-refractivity contribution in [1.82, 2.24) is 4.98 Å². The molecule has 0 aliphatic carbocycles. The third-order valence-electron chi connectivity index (χ3n) is 10.6. The standard InChI is InChI=1S/C51H32N2OS2/c1-5-11-47-39(7-1)32-50(55-47)36-15-13-33(14-16-36)34-17-24-40(25-18-34)53(42-28-21-37(22-29-42)51-52-45-9-3-4-10-46(45)54-51)41-26-19-35(20-27-41)38-23-30-49-44(31-38)43-8-2-6-12-48(43)56-49/h1-32H. The van der Waals surface area contributed by atoms with Gasteiger partial charge >= 0.3 is 0 Å². The molecule has 8 aromatic carbocycles. The van der Waals surface area contributed by atoms with Gasteiger partial charge < -0.3 is 9.32 Å². The molecule has 0 spiro atoms. The van der Waals surface area contributed by atoms with Gasteiger partial charge in [0.2, 0.25) is 5.89 Å². The van der Waals surface area contributed by atoms with Crippen LogP contribution >= 0.6 is 22.7 Å². The topological polar surface area (TPSA) is 29.3 Å². The van der Waals surface area contributed by atoms with Crippen molar-refractivity contribution in [3.8, 4) is 44.1 Å². The van der Waals surface area contributed by atoms with E-state index in [1.807, 2.05) is 46.9 Å². The van der Waals surface area contributed by atoms with E-state index in [1.54, 1.807) is 0 Å². The summed E-state index contributed by atoms with van der Waals surface area (Å²) in [5.41, 5.74) is 11.8. The number of nitrogens with zero attached hydrogens (tertiary/aromatic N) is 2. The first-order valence-corrected chi connectivity index (χ1v) is 20.3. The van der Waals surface area contributed by atoms with E-state index in [-0.39, 0.29) is 0 Å². The number of thiophene rings is 2. The van der Waals surface area contributed by atoms with Crippen molar-refractivity contribution < 1.29 is 4.42 Å². The first-order valence-electron chi connectivity index (χ1n) is 18.7. The molecule has 3 aromatic heterocycles. The fraction of sp³-hybridized carbons (Fsp3) is 0. The van der Waals surface area contributed by atoms with Gasteiger partial charge in [0.05, 0.1) is 0 Å². The van der Waals surface area contributed by atoms with E-state index in [0.29, 0.717) is 5.89 Å². The van der Waals surface area contributed by atoms with Crippen LogP contribution in [0.4, 0.5) is 17.1 Å². The molecule has 0 bridgehead atoms. The highest BCUT2D eigenvalue weighted by Gasteiger charge is 2.16. The second kappa shape index (κ2) is 13.5. The van der Waals surface area contributed by atoms with E-state index >= 15 is 0 Å². The van der Waals surface area contributed by atoms with Crippen LogP contribution in [0.5, 0.6) is 0 Å². The van der Waals surface area contributed by atoms with E-state index in [4.69, 9.17) is 9.40 Å². The molecule has 5 heteroatoms. The van der Waals surface area contributed by atoms with Gasteiger partial charge in [-0.15, -0.1) is 22.7 Å². The van der Waals surface area contributed by atoms with Gasteiger partial charge in [-0.25, -0.2) is 4.98 Å². The number of aromatic nitrogens is 1. The van der Waals surface area contributed by atoms with Crippen LogP contribution in [0.15, 0.2) is 199 Å². The highest BCUT2D eigenvalue weighted by molar-refractivity contribution is 7.25. The van der Waals surface area contributed by atoms with E-state index in [2.05, 4.69) is 175 Å². The molecule has 0 amide bonds. The summed E-state index contributed by atoms with van der Waals surface area (Å²) in [5.74, 6) is 0.617. The summed E-state index contributed by atoms with van der Waals surface area (Å²) < 4.78 is 10.1. The molecular weight excluding hydrogens is 721 g/mol. The largest absolute Gasteiger partial charge is 0.436 e. The third kappa shape index (κ3) is 5.86. The van der Waals surface area contributed by atoms with E-state index in [1.165, 1.54) is 63.0 Å². The van der Waals surface area contributed by atoms with Crippen molar-refractivity contribution in [2.75, 3.05) is 4.90 Å². The number of rotatable bonds is 7. The molecule has 0 unspecified atom stereocenters. The van der Waals surface area contributed by atoms with E-state index in [0.717, 1.165) is 33.7 Å². The minimum Gasteiger partial charge on any atom is -0.436 e. The van der Waals surface area contributed by atoms with Crippen LogP contribution in [-0.4, -0.2) is 4.98 Å². The van der Waals surface area contributed by atoms with Crippen LogP contribution in [0.25, 0.3) is 85.5 Å². The number of benzene rings is 8. The highest BCUT2D eigenvalue weighted by atomic mass is 32.1. The molecule has 0 aliphatic rings. The summed E-state index contributed by atoms with van der Waals surface area (Å²) in [6.45, 7) is 0. The Morgan fingerprint density at radius 3 is 1.62 bits per heavy atom. The van der Waals surface area contributed by atoms with Crippen molar-refractivity contribution in [3.63, 3.8) is 0 Å². The number of oxazole rings is 1. The van der Waals surface area contributed by atoms with Crippen LogP contribution in [0.2, 0.25) is 0 Å². The minimum atomic E-state index is 0.617. The lowest BCUT2D eigenvalue weighted by atomic mass is 10.0. The second-order valence-electron chi connectivity index (χ2n) is 14.0. The zero-order chi connectivity index (χ0) is 37.0. The first-order chi connectivity index (χ1) is 27.7. The summed E-state index contributed by atoms with van der Waals surface area (Å²) in [4.78, 5) is 8.33. The Balaban J connectivity index is 0.931. The Kier molecular flexibility index (Phi) is 7.87. The van der Waals surface area contributed by atoms with Crippen molar-refractivity contribution in [3.05, 3.63) is 194 Å². The Morgan fingerprint density at radius 1 is 0.393 bits per heavy atom. The van der Waals surface area contributed by atoms with Gasteiger partial charge in [-0.2, -0.15) is 0 Å². The summed E-state index contributed by atoms with van der Waals surface area (Å²) in [7, 11) is 0. The quantitative estimate of drug-likeness (QED) is 0.162. The Bertz CT molecular complexity index is 3110. The molecule has 0 atom stereocenters. The third-order valence-corrected chi connectivity index (χ3v) is 12.9. The van der Waals surface area contributed by atoms with Gasteiger partial charge in [0.1, 0.15) is 5.52 Å². The average Bonchev–Trinajstić information content (AvgIpc) is 4.00. The first kappa shape index (κ1) is 32.6. The van der Waals surface area contributed by atoms with Gasteiger partial charge in [-0.05, 0) is 124 Å². The van der Waals surface area contributed by atoms with Gasteiger partial charge in [-0.1, -0.05) is 103 Å². The summed E-state index contributed by atoms with van der Waals surface area (Å²) in [6, 6.07) is 69.4. The van der Waals surface area contributed by atoms with Crippen molar-refractivity contribution in [1.29, 1.82) is 0 Å². The molecule has 0 saturated heterocycles. The molecule has 11 rings (SSSR count). The van der Waals surface area contributed by atoms with Crippen molar-refractivity contribution >= 4 is 81.1 Å². The van der Waals surface area contributed by atoms with Crippen LogP contribution in [0, 0.1) is 0 Å². The lowest BCUT2D eigenvalue weighted by Gasteiger charge is -2.26. The second-order valence-corrected chi connectivity index (χ2v) is 16.2. The minimum absolute atomic E-state index is 0.617. The highest BCUT2D eigenvalue weighted by Crippen LogP contribution is 2.40. The number of fused-ring (bicyclic) bond motifs is 5. The molecule has 0 aliphatic heterocycles. The van der Waals surface area contributed by atoms with Crippen LogP contribution < -0.4 is 4.90 Å². The lowest BCUT2D eigenvalue weighted by Crippen LogP contribution is -2.09. The predicted molar refractivity (Wildman–Crippen MR) is 239 cm³/mol.